The summed E-state index contributed by atoms with van der Waals surface area (Å²) in [6.07, 6.45) is 2.59. The average Bonchev–Trinajstić information content (AvgIpc) is 3.11. The van der Waals surface area contributed by atoms with Gasteiger partial charge in [0, 0.05) is 10.8 Å². The van der Waals surface area contributed by atoms with Crippen LogP contribution in [0.25, 0.3) is 0 Å². The van der Waals surface area contributed by atoms with E-state index in [0.717, 1.165) is 35.8 Å². The maximum atomic E-state index is 11.9. The summed E-state index contributed by atoms with van der Waals surface area (Å²) in [7, 11) is 0. The zero-order valence-electron chi connectivity index (χ0n) is 11.0. The first-order valence-corrected chi connectivity index (χ1v) is 8.37. The van der Waals surface area contributed by atoms with E-state index in [0.29, 0.717) is 17.5 Å². The van der Waals surface area contributed by atoms with Gasteiger partial charge in [0.15, 0.2) is 0 Å². The lowest BCUT2D eigenvalue weighted by Gasteiger charge is -2.19. The Morgan fingerprint density at radius 3 is 3.00 bits per heavy atom. The predicted octanol–water partition coefficient (Wildman–Crippen LogP) is 2.25. The average molecular weight is 308 g/mol. The molecule has 0 unspecified atom stereocenters. The molecule has 0 saturated carbocycles. The number of thiophene rings is 1. The number of piperidine rings is 1. The Balaban J connectivity index is 1.57. The second-order valence-electron chi connectivity index (χ2n) is 4.77. The molecule has 0 aromatic carbocycles. The fraction of sp³-hybridized carbons (Fsp3) is 0.462. The monoisotopic (exact) mass is 308 g/mol. The van der Waals surface area contributed by atoms with Crippen molar-refractivity contribution in [3.8, 4) is 0 Å². The maximum absolute atomic E-state index is 11.9. The Morgan fingerprint density at radius 2 is 2.25 bits per heavy atom. The molecule has 0 spiro atoms. The van der Waals surface area contributed by atoms with Crippen LogP contribution in [0.15, 0.2) is 17.5 Å². The SMILES string of the molecule is O=C(Cc1cccs1)Nc1nnc(C2CCNCC2)s1. The molecule has 5 nitrogen and oxygen atoms in total. The smallest absolute Gasteiger partial charge is 0.231 e. The van der Waals surface area contributed by atoms with Crippen LogP contribution in [0.2, 0.25) is 0 Å². The first-order chi connectivity index (χ1) is 9.81. The minimum absolute atomic E-state index is 0.0274. The normalized spacial score (nSPS) is 16.2. The highest BCUT2D eigenvalue weighted by Gasteiger charge is 2.20. The van der Waals surface area contributed by atoms with Crippen molar-refractivity contribution in [1.82, 2.24) is 15.5 Å². The van der Waals surface area contributed by atoms with Gasteiger partial charge in [-0.1, -0.05) is 17.4 Å². The van der Waals surface area contributed by atoms with Crippen LogP contribution in [-0.2, 0) is 11.2 Å². The number of carbonyl (C=O) groups is 1. The van der Waals surface area contributed by atoms with Gasteiger partial charge < -0.3 is 10.6 Å². The van der Waals surface area contributed by atoms with Crippen LogP contribution in [0.4, 0.5) is 5.13 Å². The minimum Gasteiger partial charge on any atom is -0.317 e. The van der Waals surface area contributed by atoms with E-state index in [1.165, 1.54) is 11.3 Å². The van der Waals surface area contributed by atoms with Crippen LogP contribution < -0.4 is 10.6 Å². The highest BCUT2D eigenvalue weighted by molar-refractivity contribution is 7.15. The van der Waals surface area contributed by atoms with Gasteiger partial charge >= 0.3 is 0 Å². The number of amides is 1. The summed E-state index contributed by atoms with van der Waals surface area (Å²) in [6.45, 7) is 2.06. The van der Waals surface area contributed by atoms with Gasteiger partial charge in [0.05, 0.1) is 6.42 Å². The van der Waals surface area contributed by atoms with E-state index >= 15 is 0 Å². The van der Waals surface area contributed by atoms with Gasteiger partial charge in [-0.15, -0.1) is 21.5 Å². The van der Waals surface area contributed by atoms with Crippen molar-refractivity contribution in [2.75, 3.05) is 18.4 Å². The molecule has 0 atom stereocenters. The number of nitrogens with zero attached hydrogens (tertiary/aromatic N) is 2. The first-order valence-electron chi connectivity index (χ1n) is 6.67. The Labute approximate surface area is 125 Å². The van der Waals surface area contributed by atoms with Gasteiger partial charge in [-0.2, -0.15) is 0 Å². The topological polar surface area (TPSA) is 66.9 Å². The molecular weight excluding hydrogens is 292 g/mol. The lowest BCUT2D eigenvalue weighted by Crippen LogP contribution is -2.26. The Kier molecular flexibility index (Phi) is 4.39. The molecule has 2 aromatic heterocycles. The van der Waals surface area contributed by atoms with Crippen LogP contribution in [0.1, 0.15) is 28.6 Å². The fourth-order valence-electron chi connectivity index (χ4n) is 2.25. The standard InChI is InChI=1S/C13H16N4OS2/c18-11(8-10-2-1-7-19-10)15-13-17-16-12(20-13)9-3-5-14-6-4-9/h1-2,7,9,14H,3-6,8H2,(H,15,17,18). The van der Waals surface area contributed by atoms with Crippen molar-refractivity contribution < 1.29 is 4.79 Å². The molecule has 1 amide bonds. The molecule has 1 saturated heterocycles. The van der Waals surface area contributed by atoms with Gasteiger partial charge in [-0.3, -0.25) is 4.79 Å². The predicted molar refractivity (Wildman–Crippen MR) is 81.4 cm³/mol. The second kappa shape index (κ2) is 6.43. The molecule has 1 aliphatic heterocycles. The molecule has 106 valence electrons. The first kappa shape index (κ1) is 13.7. The molecular formula is C13H16N4OS2. The lowest BCUT2D eigenvalue weighted by atomic mass is 9.99. The molecule has 2 N–H and O–H groups in total. The third kappa shape index (κ3) is 3.41. The molecule has 2 aromatic rings. The van der Waals surface area contributed by atoms with Crippen molar-refractivity contribution in [2.45, 2.75) is 25.2 Å². The second-order valence-corrected chi connectivity index (χ2v) is 6.82. The molecule has 0 bridgehead atoms. The highest BCUT2D eigenvalue weighted by Crippen LogP contribution is 2.29. The molecule has 20 heavy (non-hydrogen) atoms. The Hall–Kier alpha value is -1.31. The zero-order chi connectivity index (χ0) is 13.8. The summed E-state index contributed by atoms with van der Waals surface area (Å²) in [5, 5.41) is 18.1. The van der Waals surface area contributed by atoms with Gasteiger partial charge in [-0.25, -0.2) is 0 Å². The van der Waals surface area contributed by atoms with Crippen molar-refractivity contribution >= 4 is 33.7 Å². The van der Waals surface area contributed by atoms with Crippen LogP contribution in [0.3, 0.4) is 0 Å². The maximum Gasteiger partial charge on any atom is 0.231 e. The summed E-state index contributed by atoms with van der Waals surface area (Å²) in [5.74, 6) is 0.456. The Morgan fingerprint density at radius 1 is 1.40 bits per heavy atom. The van der Waals surface area contributed by atoms with Crippen molar-refractivity contribution in [2.24, 2.45) is 0 Å². The number of aromatic nitrogens is 2. The van der Waals surface area contributed by atoms with Crippen molar-refractivity contribution in [3.63, 3.8) is 0 Å². The number of nitrogens with one attached hydrogen (secondary N) is 2. The Bertz CT molecular complexity index is 561. The van der Waals surface area contributed by atoms with E-state index in [9.17, 15) is 4.79 Å². The highest BCUT2D eigenvalue weighted by atomic mass is 32.1. The molecule has 3 heterocycles. The molecule has 0 aliphatic carbocycles. The van der Waals surface area contributed by atoms with Crippen LogP contribution in [0.5, 0.6) is 0 Å². The quantitative estimate of drug-likeness (QED) is 0.909. The van der Waals surface area contributed by atoms with Gasteiger partial charge in [0.1, 0.15) is 5.01 Å². The third-order valence-electron chi connectivity index (χ3n) is 3.29. The summed E-state index contributed by atoms with van der Waals surface area (Å²) in [6, 6.07) is 3.91. The van der Waals surface area contributed by atoms with Gasteiger partial charge in [0.25, 0.3) is 0 Å². The molecule has 0 radical (unpaired) electrons. The summed E-state index contributed by atoms with van der Waals surface area (Å²) < 4.78 is 0. The lowest BCUT2D eigenvalue weighted by molar-refractivity contribution is -0.115. The largest absolute Gasteiger partial charge is 0.317 e. The van der Waals surface area contributed by atoms with Crippen LogP contribution in [-0.4, -0.2) is 29.2 Å². The number of anilines is 1. The minimum atomic E-state index is -0.0274. The molecule has 7 heteroatoms. The number of rotatable bonds is 4. The number of hydrogen-bond acceptors (Lipinski definition) is 6. The molecule has 1 fully saturated rings. The van der Waals surface area contributed by atoms with E-state index in [1.807, 2.05) is 17.5 Å². The number of hydrogen-bond donors (Lipinski definition) is 2. The van der Waals surface area contributed by atoms with Crippen LogP contribution >= 0.6 is 22.7 Å². The summed E-state index contributed by atoms with van der Waals surface area (Å²) in [5.41, 5.74) is 0. The van der Waals surface area contributed by atoms with Gasteiger partial charge in [0.2, 0.25) is 11.0 Å². The summed E-state index contributed by atoms with van der Waals surface area (Å²) in [4.78, 5) is 13.0. The molecule has 3 rings (SSSR count). The van der Waals surface area contributed by atoms with E-state index < -0.39 is 0 Å². The molecule has 1 aliphatic rings. The zero-order valence-corrected chi connectivity index (χ0v) is 12.6. The van der Waals surface area contributed by atoms with Crippen molar-refractivity contribution in [1.29, 1.82) is 0 Å². The number of carbonyl (C=O) groups excluding carboxylic acids is 1. The van der Waals surface area contributed by atoms with Crippen molar-refractivity contribution in [3.05, 3.63) is 27.4 Å². The van der Waals surface area contributed by atoms with E-state index in [4.69, 9.17) is 0 Å². The van der Waals surface area contributed by atoms with E-state index in [2.05, 4.69) is 20.8 Å². The van der Waals surface area contributed by atoms with E-state index in [-0.39, 0.29) is 5.91 Å². The summed E-state index contributed by atoms with van der Waals surface area (Å²) >= 11 is 3.09. The van der Waals surface area contributed by atoms with Gasteiger partial charge in [-0.05, 0) is 37.4 Å². The third-order valence-corrected chi connectivity index (χ3v) is 5.17. The van der Waals surface area contributed by atoms with E-state index in [1.54, 1.807) is 11.3 Å². The fourth-order valence-corrected chi connectivity index (χ4v) is 3.89. The van der Waals surface area contributed by atoms with Crippen LogP contribution in [0, 0.1) is 0 Å².